The van der Waals surface area contributed by atoms with Gasteiger partial charge in [0.05, 0.1) is 11.5 Å². The Labute approximate surface area is 190 Å². The Morgan fingerprint density at radius 1 is 1.00 bits per heavy atom. The summed E-state index contributed by atoms with van der Waals surface area (Å²) in [7, 11) is 0. The van der Waals surface area contributed by atoms with E-state index in [2.05, 4.69) is 10.4 Å². The Bertz CT molecular complexity index is 1270. The fourth-order valence-corrected chi connectivity index (χ4v) is 3.31. The predicted octanol–water partition coefficient (Wildman–Crippen LogP) is 4.98. The van der Waals surface area contributed by atoms with Gasteiger partial charge < -0.3 is 10.1 Å². The van der Waals surface area contributed by atoms with Crippen LogP contribution in [0, 0.1) is 17.0 Å². The number of carbonyl (C=O) groups is 1. The van der Waals surface area contributed by atoms with E-state index in [1.54, 1.807) is 30.3 Å². The Morgan fingerprint density at radius 2 is 1.73 bits per heavy atom. The summed E-state index contributed by atoms with van der Waals surface area (Å²) in [5, 5.41) is 18.1. The highest BCUT2D eigenvalue weighted by Crippen LogP contribution is 2.19. The van der Waals surface area contributed by atoms with Gasteiger partial charge in [-0.25, -0.2) is 0 Å². The Kier molecular flexibility index (Phi) is 6.45. The first kappa shape index (κ1) is 21.8. The average molecular weight is 442 g/mol. The lowest BCUT2D eigenvalue weighted by Gasteiger charge is -2.08. The van der Waals surface area contributed by atoms with Crippen LogP contribution in [0.3, 0.4) is 0 Å². The van der Waals surface area contributed by atoms with Gasteiger partial charge in [-0.2, -0.15) is 5.10 Å². The molecule has 4 aromatic rings. The third-order valence-electron chi connectivity index (χ3n) is 5.04. The van der Waals surface area contributed by atoms with Crippen LogP contribution in [0.25, 0.3) is 0 Å². The molecule has 0 unspecified atom stereocenters. The molecule has 3 aromatic carbocycles. The zero-order chi connectivity index (χ0) is 23.2. The van der Waals surface area contributed by atoms with Crippen molar-refractivity contribution in [1.29, 1.82) is 0 Å². The molecule has 0 atom stereocenters. The fourth-order valence-electron chi connectivity index (χ4n) is 3.31. The number of anilines is 1. The lowest BCUT2D eigenvalue weighted by Crippen LogP contribution is -2.13. The SMILES string of the molecule is Cc1cc(NC(=O)c2cccc(COc3ccc([N+](=O)[O-])cc3)c2)nn1Cc1ccccc1. The standard InChI is InChI=1S/C25H22N4O4/c1-18-14-24(27-28(18)16-19-6-3-2-4-7-19)26-25(30)21-9-5-8-20(15-21)17-33-23-12-10-22(11-13-23)29(31)32/h2-15H,16-17H2,1H3,(H,26,27,30). The molecule has 0 aliphatic rings. The Balaban J connectivity index is 1.38. The van der Waals surface area contributed by atoms with Crippen molar-refractivity contribution in [3.8, 4) is 5.75 Å². The van der Waals surface area contributed by atoms with Crippen molar-refractivity contribution >= 4 is 17.4 Å². The number of aromatic nitrogens is 2. The number of nitrogens with zero attached hydrogens (tertiary/aromatic N) is 3. The number of nitrogens with one attached hydrogen (secondary N) is 1. The summed E-state index contributed by atoms with van der Waals surface area (Å²) in [6.07, 6.45) is 0. The van der Waals surface area contributed by atoms with E-state index < -0.39 is 4.92 Å². The molecule has 0 fully saturated rings. The van der Waals surface area contributed by atoms with Crippen LogP contribution >= 0.6 is 0 Å². The van der Waals surface area contributed by atoms with Crippen molar-refractivity contribution in [2.45, 2.75) is 20.1 Å². The summed E-state index contributed by atoms with van der Waals surface area (Å²) in [6, 6.07) is 24.8. The van der Waals surface area contributed by atoms with Crippen LogP contribution in [0.15, 0.2) is 84.9 Å². The molecule has 0 spiro atoms. The first-order valence-corrected chi connectivity index (χ1v) is 10.3. The average Bonchev–Trinajstić information content (AvgIpc) is 3.17. The lowest BCUT2D eigenvalue weighted by atomic mass is 10.1. The van der Waals surface area contributed by atoms with Crippen LogP contribution in [0.1, 0.15) is 27.2 Å². The number of nitro benzene ring substituents is 1. The molecule has 1 aromatic heterocycles. The van der Waals surface area contributed by atoms with E-state index in [9.17, 15) is 14.9 Å². The minimum atomic E-state index is -0.460. The van der Waals surface area contributed by atoms with Gasteiger partial charge in [-0.05, 0) is 42.3 Å². The molecule has 33 heavy (non-hydrogen) atoms. The maximum Gasteiger partial charge on any atom is 0.269 e. The number of hydrogen-bond acceptors (Lipinski definition) is 5. The van der Waals surface area contributed by atoms with Gasteiger partial charge >= 0.3 is 0 Å². The van der Waals surface area contributed by atoms with Gasteiger partial charge in [-0.15, -0.1) is 0 Å². The Hall–Kier alpha value is -4.46. The molecule has 0 aliphatic carbocycles. The molecule has 0 radical (unpaired) electrons. The van der Waals surface area contributed by atoms with Gasteiger partial charge in [-0.1, -0.05) is 42.5 Å². The first-order chi connectivity index (χ1) is 16.0. The predicted molar refractivity (Wildman–Crippen MR) is 124 cm³/mol. The monoisotopic (exact) mass is 442 g/mol. The summed E-state index contributed by atoms with van der Waals surface area (Å²) in [6.45, 7) is 2.80. The van der Waals surface area contributed by atoms with Crippen LogP contribution < -0.4 is 10.1 Å². The summed E-state index contributed by atoms with van der Waals surface area (Å²) in [5.74, 6) is 0.729. The molecule has 1 heterocycles. The van der Waals surface area contributed by atoms with E-state index in [0.717, 1.165) is 16.8 Å². The van der Waals surface area contributed by atoms with Crippen molar-refractivity contribution in [2.24, 2.45) is 0 Å². The van der Waals surface area contributed by atoms with Crippen LogP contribution in [0.4, 0.5) is 11.5 Å². The normalized spacial score (nSPS) is 10.6. The smallest absolute Gasteiger partial charge is 0.269 e. The largest absolute Gasteiger partial charge is 0.489 e. The second-order valence-corrected chi connectivity index (χ2v) is 7.51. The summed E-state index contributed by atoms with van der Waals surface area (Å²) in [4.78, 5) is 23.0. The second kappa shape index (κ2) is 9.78. The number of nitro groups is 1. The van der Waals surface area contributed by atoms with Crippen LogP contribution in [-0.4, -0.2) is 20.6 Å². The van der Waals surface area contributed by atoms with Crippen molar-refractivity contribution in [1.82, 2.24) is 9.78 Å². The van der Waals surface area contributed by atoms with E-state index in [-0.39, 0.29) is 18.2 Å². The third-order valence-corrected chi connectivity index (χ3v) is 5.04. The van der Waals surface area contributed by atoms with Gasteiger partial charge in [-0.3, -0.25) is 19.6 Å². The van der Waals surface area contributed by atoms with E-state index >= 15 is 0 Å². The molecule has 1 amide bonds. The van der Waals surface area contributed by atoms with Gasteiger partial charge in [0.25, 0.3) is 11.6 Å². The van der Waals surface area contributed by atoms with E-state index in [0.29, 0.717) is 23.7 Å². The van der Waals surface area contributed by atoms with Crippen LogP contribution in [0.2, 0.25) is 0 Å². The summed E-state index contributed by atoms with van der Waals surface area (Å²) >= 11 is 0. The summed E-state index contributed by atoms with van der Waals surface area (Å²) < 4.78 is 7.53. The van der Waals surface area contributed by atoms with Crippen LogP contribution in [0.5, 0.6) is 5.75 Å². The number of carbonyl (C=O) groups excluding carboxylic acids is 1. The highest BCUT2D eigenvalue weighted by molar-refractivity contribution is 6.03. The number of rotatable bonds is 8. The molecule has 8 heteroatoms. The topological polar surface area (TPSA) is 99.3 Å². The lowest BCUT2D eigenvalue weighted by molar-refractivity contribution is -0.384. The minimum Gasteiger partial charge on any atom is -0.489 e. The molecular weight excluding hydrogens is 420 g/mol. The molecule has 4 rings (SSSR count). The maximum atomic E-state index is 12.8. The molecule has 8 nitrogen and oxygen atoms in total. The maximum absolute atomic E-state index is 12.8. The van der Waals surface area contributed by atoms with E-state index in [4.69, 9.17) is 4.74 Å². The molecule has 0 aliphatic heterocycles. The Morgan fingerprint density at radius 3 is 2.45 bits per heavy atom. The number of hydrogen-bond donors (Lipinski definition) is 1. The number of benzene rings is 3. The molecular formula is C25H22N4O4. The quantitative estimate of drug-likeness (QED) is 0.306. The molecule has 166 valence electrons. The van der Waals surface area contributed by atoms with E-state index in [1.807, 2.05) is 54.1 Å². The number of non-ortho nitro benzene ring substituents is 1. The van der Waals surface area contributed by atoms with Crippen LogP contribution in [-0.2, 0) is 13.2 Å². The minimum absolute atomic E-state index is 0.00228. The summed E-state index contributed by atoms with van der Waals surface area (Å²) in [5.41, 5.74) is 3.35. The fraction of sp³-hybridized carbons (Fsp3) is 0.120. The number of aryl methyl sites for hydroxylation is 1. The zero-order valence-corrected chi connectivity index (χ0v) is 18.0. The van der Waals surface area contributed by atoms with Gasteiger partial charge in [0.15, 0.2) is 5.82 Å². The molecule has 0 saturated heterocycles. The molecule has 0 saturated carbocycles. The highest BCUT2D eigenvalue weighted by Gasteiger charge is 2.11. The van der Waals surface area contributed by atoms with Gasteiger partial charge in [0.1, 0.15) is 12.4 Å². The third kappa shape index (κ3) is 5.62. The number of ether oxygens (including phenoxy) is 1. The second-order valence-electron chi connectivity index (χ2n) is 7.51. The molecule has 1 N–H and O–H groups in total. The number of amides is 1. The van der Waals surface area contributed by atoms with Crippen molar-refractivity contribution in [2.75, 3.05) is 5.32 Å². The van der Waals surface area contributed by atoms with Gasteiger partial charge in [0.2, 0.25) is 0 Å². The van der Waals surface area contributed by atoms with Crippen molar-refractivity contribution < 1.29 is 14.5 Å². The van der Waals surface area contributed by atoms with Crippen molar-refractivity contribution in [3.05, 3.63) is 117 Å². The van der Waals surface area contributed by atoms with E-state index in [1.165, 1.54) is 12.1 Å². The highest BCUT2D eigenvalue weighted by atomic mass is 16.6. The van der Waals surface area contributed by atoms with Gasteiger partial charge in [0, 0.05) is 29.5 Å². The van der Waals surface area contributed by atoms with Crippen molar-refractivity contribution in [3.63, 3.8) is 0 Å². The zero-order valence-electron chi connectivity index (χ0n) is 18.0. The molecule has 0 bridgehead atoms. The first-order valence-electron chi connectivity index (χ1n) is 10.3.